The Morgan fingerprint density at radius 2 is 1.71 bits per heavy atom. The first kappa shape index (κ1) is 22.7. The first-order valence-electron chi connectivity index (χ1n) is 11.6. The first-order chi connectivity index (χ1) is 16.2. The van der Waals surface area contributed by atoms with Gasteiger partial charge in [0.05, 0.1) is 18.7 Å². The molecule has 0 radical (unpaired) electrons. The molecule has 2 aliphatic heterocycles. The van der Waals surface area contributed by atoms with Crippen molar-refractivity contribution >= 4 is 12.2 Å². The largest absolute Gasteiger partial charge is 0.448 e. The summed E-state index contributed by atoms with van der Waals surface area (Å²) in [7, 11) is 0. The molecule has 0 bridgehead atoms. The molecule has 0 spiro atoms. The van der Waals surface area contributed by atoms with Crippen molar-refractivity contribution in [3.05, 3.63) is 59.7 Å². The number of rotatable bonds is 3. The summed E-state index contributed by atoms with van der Waals surface area (Å²) >= 11 is 0. The minimum absolute atomic E-state index is 0.0600. The molecule has 3 aliphatic rings. The number of carbonyl (C=O) groups excluding carboxylic acids is 2. The molecule has 2 fully saturated rings. The molecule has 5 rings (SSSR count). The van der Waals surface area contributed by atoms with Gasteiger partial charge >= 0.3 is 12.2 Å². The molecule has 2 aromatic carbocycles. The Bertz CT molecular complexity index is 1050. The molecule has 0 unspecified atom stereocenters. The summed E-state index contributed by atoms with van der Waals surface area (Å²) in [5.41, 5.74) is 3.92. The van der Waals surface area contributed by atoms with Gasteiger partial charge in [-0.25, -0.2) is 9.59 Å². The Morgan fingerprint density at radius 1 is 1.09 bits per heavy atom. The lowest BCUT2D eigenvalue weighted by Gasteiger charge is -2.25. The van der Waals surface area contributed by atoms with E-state index < -0.39 is 42.1 Å². The number of aliphatic hydroxyl groups excluding tert-OH is 1. The van der Waals surface area contributed by atoms with E-state index in [1.165, 1.54) is 4.90 Å². The van der Waals surface area contributed by atoms with E-state index in [1.54, 1.807) is 20.8 Å². The maximum atomic E-state index is 13.2. The lowest BCUT2D eigenvalue weighted by atomic mass is 9.98. The number of aliphatic hydroxyl groups is 1. The second kappa shape index (κ2) is 8.60. The number of alkyl carbamates (subject to hydrolysis) is 1. The van der Waals surface area contributed by atoms with Gasteiger partial charge in [-0.2, -0.15) is 0 Å². The van der Waals surface area contributed by atoms with Gasteiger partial charge < -0.3 is 24.6 Å². The molecule has 2 aromatic rings. The number of nitrogens with one attached hydrogen (secondary N) is 1. The van der Waals surface area contributed by atoms with Crippen LogP contribution in [0, 0.1) is 0 Å². The Kier molecular flexibility index (Phi) is 5.73. The molecule has 8 heteroatoms. The molecule has 180 valence electrons. The summed E-state index contributed by atoms with van der Waals surface area (Å²) in [6, 6.07) is 15.2. The zero-order valence-corrected chi connectivity index (χ0v) is 19.6. The molecule has 2 saturated heterocycles. The van der Waals surface area contributed by atoms with Crippen molar-refractivity contribution in [2.45, 2.75) is 56.6 Å². The molecule has 8 nitrogen and oxygen atoms in total. The van der Waals surface area contributed by atoms with Crippen molar-refractivity contribution in [3.63, 3.8) is 0 Å². The number of nitrogens with zero attached hydrogens (tertiary/aromatic N) is 1. The van der Waals surface area contributed by atoms with E-state index in [4.69, 9.17) is 14.2 Å². The monoisotopic (exact) mass is 466 g/mol. The van der Waals surface area contributed by atoms with Crippen LogP contribution in [0.2, 0.25) is 0 Å². The molecule has 2 heterocycles. The highest BCUT2D eigenvalue weighted by atomic mass is 16.6. The minimum Gasteiger partial charge on any atom is -0.448 e. The molecule has 2 amide bonds. The van der Waals surface area contributed by atoms with Gasteiger partial charge in [0.15, 0.2) is 0 Å². The van der Waals surface area contributed by atoms with Gasteiger partial charge in [-0.3, -0.25) is 4.90 Å². The molecule has 0 saturated carbocycles. The van der Waals surface area contributed by atoms with Crippen LogP contribution in [-0.4, -0.2) is 71.8 Å². The summed E-state index contributed by atoms with van der Waals surface area (Å²) in [5.74, 6) is -0.0600. The Balaban J connectivity index is 1.29. The van der Waals surface area contributed by atoms with Crippen LogP contribution >= 0.6 is 0 Å². The zero-order chi connectivity index (χ0) is 24.0. The molecule has 1 aliphatic carbocycles. The van der Waals surface area contributed by atoms with Crippen molar-refractivity contribution in [1.82, 2.24) is 10.2 Å². The third-order valence-corrected chi connectivity index (χ3v) is 6.61. The maximum Gasteiger partial charge on any atom is 0.410 e. The highest BCUT2D eigenvalue weighted by Gasteiger charge is 2.53. The smallest absolute Gasteiger partial charge is 0.410 e. The summed E-state index contributed by atoms with van der Waals surface area (Å²) in [6.45, 7) is 5.79. The fourth-order valence-corrected chi connectivity index (χ4v) is 5.26. The van der Waals surface area contributed by atoms with Crippen LogP contribution in [0.1, 0.15) is 37.8 Å². The molecular formula is C26H30N2O6. The molecular weight excluding hydrogens is 436 g/mol. The van der Waals surface area contributed by atoms with Crippen molar-refractivity contribution in [2.24, 2.45) is 0 Å². The van der Waals surface area contributed by atoms with Crippen molar-refractivity contribution in [2.75, 3.05) is 19.8 Å². The average molecular weight is 467 g/mol. The number of ether oxygens (including phenoxy) is 3. The van der Waals surface area contributed by atoms with E-state index in [0.29, 0.717) is 0 Å². The van der Waals surface area contributed by atoms with Crippen LogP contribution in [0.25, 0.3) is 11.1 Å². The van der Waals surface area contributed by atoms with E-state index >= 15 is 0 Å². The van der Waals surface area contributed by atoms with Crippen LogP contribution in [0.5, 0.6) is 0 Å². The van der Waals surface area contributed by atoms with Gasteiger partial charge in [-0.1, -0.05) is 48.5 Å². The summed E-state index contributed by atoms with van der Waals surface area (Å²) in [5, 5.41) is 13.3. The maximum absolute atomic E-state index is 13.2. The number of benzene rings is 2. The number of carbonyl (C=O) groups is 2. The lowest BCUT2D eigenvalue weighted by Crippen LogP contribution is -2.46. The number of fused-ring (bicyclic) bond motifs is 4. The van der Waals surface area contributed by atoms with Crippen molar-refractivity contribution < 1.29 is 28.9 Å². The number of amides is 2. The van der Waals surface area contributed by atoms with Gasteiger partial charge in [0.25, 0.3) is 0 Å². The number of likely N-dealkylation sites (tertiary alicyclic amines) is 1. The predicted octanol–water partition coefficient (Wildman–Crippen LogP) is 3.27. The number of hydrogen-bond acceptors (Lipinski definition) is 6. The molecule has 34 heavy (non-hydrogen) atoms. The van der Waals surface area contributed by atoms with Crippen LogP contribution < -0.4 is 5.32 Å². The van der Waals surface area contributed by atoms with E-state index in [2.05, 4.69) is 29.6 Å². The van der Waals surface area contributed by atoms with Crippen molar-refractivity contribution in [1.29, 1.82) is 0 Å². The topological polar surface area (TPSA) is 97.3 Å². The van der Waals surface area contributed by atoms with Crippen LogP contribution in [-0.2, 0) is 14.2 Å². The minimum atomic E-state index is -0.851. The molecule has 0 aromatic heterocycles. The first-order valence-corrected chi connectivity index (χ1v) is 11.6. The quantitative estimate of drug-likeness (QED) is 0.721. The van der Waals surface area contributed by atoms with E-state index in [-0.39, 0.29) is 25.7 Å². The SMILES string of the molecule is CC(C)(C)OC(=O)N[C@@H]1CN(C(=O)OCC2c3ccccc3-c3ccccc32)[C@H]2[C@@H]1OC[C@@H]2O. The van der Waals surface area contributed by atoms with Gasteiger partial charge in [0.1, 0.15) is 24.4 Å². The average Bonchev–Trinajstić information content (AvgIpc) is 3.43. The third kappa shape index (κ3) is 4.12. The zero-order valence-electron chi connectivity index (χ0n) is 19.6. The predicted molar refractivity (Wildman–Crippen MR) is 124 cm³/mol. The van der Waals surface area contributed by atoms with Gasteiger partial charge in [-0.15, -0.1) is 0 Å². The summed E-state index contributed by atoms with van der Waals surface area (Å²) in [6.07, 6.45) is -2.50. The fraction of sp³-hybridized carbons (Fsp3) is 0.462. The normalized spacial score (nSPS) is 25.5. The third-order valence-electron chi connectivity index (χ3n) is 6.61. The van der Waals surface area contributed by atoms with E-state index in [1.807, 2.05) is 24.3 Å². The summed E-state index contributed by atoms with van der Waals surface area (Å²) in [4.78, 5) is 26.9. The summed E-state index contributed by atoms with van der Waals surface area (Å²) < 4.78 is 16.9. The standard InChI is InChI=1S/C26H30N2O6/c1-26(2,3)34-24(30)27-20-12-28(22-21(29)14-32-23(20)22)25(31)33-13-19-17-10-6-4-8-15(17)16-9-5-7-11-18(16)19/h4-11,19-23,29H,12-14H2,1-3H3,(H,27,30)/t20-,21+,22-,23-/m1/s1. The fourth-order valence-electron chi connectivity index (χ4n) is 5.26. The van der Waals surface area contributed by atoms with Gasteiger partial charge in [0.2, 0.25) is 0 Å². The molecule has 2 N–H and O–H groups in total. The van der Waals surface area contributed by atoms with Crippen LogP contribution in [0.3, 0.4) is 0 Å². The second-order valence-electron chi connectivity index (χ2n) is 10.1. The van der Waals surface area contributed by atoms with Crippen molar-refractivity contribution in [3.8, 4) is 11.1 Å². The highest BCUT2D eigenvalue weighted by Crippen LogP contribution is 2.44. The van der Waals surface area contributed by atoms with Gasteiger partial charge in [-0.05, 0) is 43.0 Å². The van der Waals surface area contributed by atoms with Crippen LogP contribution in [0.4, 0.5) is 9.59 Å². The Labute approximate surface area is 198 Å². The lowest BCUT2D eigenvalue weighted by molar-refractivity contribution is 0.0384. The van der Waals surface area contributed by atoms with E-state index in [0.717, 1.165) is 22.3 Å². The molecule has 4 atom stereocenters. The van der Waals surface area contributed by atoms with Gasteiger partial charge in [0, 0.05) is 12.5 Å². The Hall–Kier alpha value is -3.10. The second-order valence-corrected chi connectivity index (χ2v) is 10.1. The Morgan fingerprint density at radius 3 is 2.32 bits per heavy atom. The number of hydrogen-bond donors (Lipinski definition) is 2. The van der Waals surface area contributed by atoms with E-state index in [9.17, 15) is 14.7 Å². The van der Waals surface area contributed by atoms with Crippen LogP contribution in [0.15, 0.2) is 48.5 Å². The highest BCUT2D eigenvalue weighted by molar-refractivity contribution is 5.79.